The van der Waals surface area contributed by atoms with Crippen molar-refractivity contribution in [1.29, 1.82) is 0 Å². The third-order valence-electron chi connectivity index (χ3n) is 3.85. The second kappa shape index (κ2) is 8.60. The minimum absolute atomic E-state index is 0.0237. The van der Waals surface area contributed by atoms with E-state index in [0.29, 0.717) is 25.9 Å². The SMILES string of the molecule is C/C=C\C=C(/C)C(F)(F)CN1CCC(NC(=O)OC(C)(C)C)CC1. The largest absolute Gasteiger partial charge is 0.444 e. The molecule has 1 saturated heterocycles. The number of ether oxygens (including phenoxy) is 1. The zero-order valence-electron chi connectivity index (χ0n) is 15.4. The number of carbonyl (C=O) groups is 1. The number of halogens is 2. The molecule has 1 N–H and O–H groups in total. The van der Waals surface area contributed by atoms with Crippen LogP contribution in [0.1, 0.15) is 47.5 Å². The van der Waals surface area contributed by atoms with Gasteiger partial charge in [0, 0.05) is 19.1 Å². The summed E-state index contributed by atoms with van der Waals surface area (Å²) >= 11 is 0. The molecule has 6 heteroatoms. The molecular formula is C18H30F2N2O2. The Balaban J connectivity index is 2.44. The van der Waals surface area contributed by atoms with Gasteiger partial charge in [-0.15, -0.1) is 0 Å². The number of nitrogens with one attached hydrogen (secondary N) is 1. The molecule has 0 radical (unpaired) electrons. The number of alkyl carbamates (subject to hydrolysis) is 1. The van der Waals surface area contributed by atoms with Crippen molar-refractivity contribution in [3.05, 3.63) is 23.8 Å². The monoisotopic (exact) mass is 344 g/mol. The van der Waals surface area contributed by atoms with Gasteiger partial charge in [0.15, 0.2) is 0 Å². The van der Waals surface area contributed by atoms with Crippen LogP contribution in [0.3, 0.4) is 0 Å². The smallest absolute Gasteiger partial charge is 0.407 e. The van der Waals surface area contributed by atoms with E-state index in [-0.39, 0.29) is 18.2 Å². The van der Waals surface area contributed by atoms with Gasteiger partial charge in [0.05, 0.1) is 6.54 Å². The number of carbonyl (C=O) groups excluding carboxylic acids is 1. The highest BCUT2D eigenvalue weighted by Gasteiger charge is 2.35. The van der Waals surface area contributed by atoms with Gasteiger partial charge in [-0.1, -0.05) is 18.2 Å². The van der Waals surface area contributed by atoms with Gasteiger partial charge in [-0.25, -0.2) is 13.6 Å². The van der Waals surface area contributed by atoms with Gasteiger partial charge in [0.2, 0.25) is 0 Å². The number of allylic oxidation sites excluding steroid dienone is 3. The molecule has 0 atom stereocenters. The molecule has 0 aromatic carbocycles. The number of hydrogen-bond donors (Lipinski definition) is 1. The molecule has 0 saturated carbocycles. The molecule has 1 amide bonds. The Morgan fingerprint density at radius 3 is 2.38 bits per heavy atom. The Hall–Kier alpha value is -1.43. The fourth-order valence-corrected chi connectivity index (χ4v) is 2.48. The van der Waals surface area contributed by atoms with Crippen LogP contribution in [0.15, 0.2) is 23.8 Å². The maximum atomic E-state index is 14.2. The third kappa shape index (κ3) is 7.43. The van der Waals surface area contributed by atoms with E-state index < -0.39 is 17.6 Å². The van der Waals surface area contributed by atoms with Gasteiger partial charge in [-0.3, -0.25) is 4.90 Å². The highest BCUT2D eigenvalue weighted by Crippen LogP contribution is 2.26. The Morgan fingerprint density at radius 2 is 1.88 bits per heavy atom. The quantitative estimate of drug-likeness (QED) is 0.762. The van der Waals surface area contributed by atoms with Crippen molar-refractivity contribution >= 4 is 6.09 Å². The molecule has 0 aromatic rings. The maximum absolute atomic E-state index is 14.2. The van der Waals surface area contributed by atoms with Gasteiger partial charge in [0.1, 0.15) is 5.60 Å². The number of nitrogens with zero attached hydrogens (tertiary/aromatic N) is 1. The lowest BCUT2D eigenvalue weighted by Gasteiger charge is -2.34. The van der Waals surface area contributed by atoms with Crippen LogP contribution in [0.25, 0.3) is 0 Å². The second-order valence-corrected chi connectivity index (χ2v) is 7.28. The number of piperidine rings is 1. The van der Waals surface area contributed by atoms with E-state index in [4.69, 9.17) is 4.74 Å². The lowest BCUT2D eigenvalue weighted by atomic mass is 10.0. The normalized spacial score (nSPS) is 18.9. The van der Waals surface area contributed by atoms with Crippen LogP contribution in [-0.4, -0.2) is 48.2 Å². The molecule has 1 aliphatic heterocycles. The highest BCUT2D eigenvalue weighted by molar-refractivity contribution is 5.68. The van der Waals surface area contributed by atoms with Crippen LogP contribution in [0.2, 0.25) is 0 Å². The molecule has 1 aliphatic rings. The molecule has 24 heavy (non-hydrogen) atoms. The van der Waals surface area contributed by atoms with E-state index >= 15 is 0 Å². The topological polar surface area (TPSA) is 41.6 Å². The summed E-state index contributed by atoms with van der Waals surface area (Å²) in [6, 6.07) is -0.0237. The Labute approximate surface area is 143 Å². The molecule has 1 fully saturated rings. The first-order valence-corrected chi connectivity index (χ1v) is 8.43. The molecule has 1 heterocycles. The fourth-order valence-electron chi connectivity index (χ4n) is 2.48. The van der Waals surface area contributed by atoms with Crippen molar-refractivity contribution in [3.8, 4) is 0 Å². The van der Waals surface area contributed by atoms with E-state index in [1.807, 2.05) is 0 Å². The summed E-state index contributed by atoms with van der Waals surface area (Å²) in [5, 5.41) is 2.81. The lowest BCUT2D eigenvalue weighted by molar-refractivity contribution is -0.00569. The Morgan fingerprint density at radius 1 is 1.29 bits per heavy atom. The first-order valence-electron chi connectivity index (χ1n) is 8.43. The maximum Gasteiger partial charge on any atom is 0.407 e. The average molecular weight is 344 g/mol. The van der Waals surface area contributed by atoms with Gasteiger partial charge < -0.3 is 10.1 Å². The predicted molar refractivity (Wildman–Crippen MR) is 92.3 cm³/mol. The van der Waals surface area contributed by atoms with Crippen LogP contribution in [0.4, 0.5) is 13.6 Å². The van der Waals surface area contributed by atoms with E-state index in [1.165, 1.54) is 13.0 Å². The van der Waals surface area contributed by atoms with E-state index in [2.05, 4.69) is 5.32 Å². The van der Waals surface area contributed by atoms with Crippen molar-refractivity contribution in [2.45, 2.75) is 65.0 Å². The number of amides is 1. The van der Waals surface area contributed by atoms with Gasteiger partial charge >= 0.3 is 6.09 Å². The summed E-state index contributed by atoms with van der Waals surface area (Å²) in [4.78, 5) is 13.5. The lowest BCUT2D eigenvalue weighted by Crippen LogP contribution is -2.48. The van der Waals surface area contributed by atoms with E-state index in [0.717, 1.165) is 0 Å². The fraction of sp³-hybridized carbons (Fsp3) is 0.722. The van der Waals surface area contributed by atoms with Crippen LogP contribution < -0.4 is 5.32 Å². The molecular weight excluding hydrogens is 314 g/mol. The van der Waals surface area contributed by atoms with Crippen molar-refractivity contribution in [2.75, 3.05) is 19.6 Å². The number of alkyl halides is 2. The number of rotatable bonds is 5. The summed E-state index contributed by atoms with van der Waals surface area (Å²) in [7, 11) is 0. The zero-order valence-corrected chi connectivity index (χ0v) is 15.4. The summed E-state index contributed by atoms with van der Waals surface area (Å²) in [5.41, 5.74) is -0.474. The van der Waals surface area contributed by atoms with Crippen LogP contribution in [0.5, 0.6) is 0 Å². The van der Waals surface area contributed by atoms with Crippen molar-refractivity contribution < 1.29 is 18.3 Å². The zero-order chi connectivity index (χ0) is 18.4. The number of hydrogen-bond acceptors (Lipinski definition) is 3. The van der Waals surface area contributed by atoms with Crippen LogP contribution in [-0.2, 0) is 4.74 Å². The highest BCUT2D eigenvalue weighted by atomic mass is 19.3. The van der Waals surface area contributed by atoms with Crippen molar-refractivity contribution in [1.82, 2.24) is 10.2 Å². The molecule has 0 bridgehead atoms. The number of likely N-dealkylation sites (tertiary alicyclic amines) is 1. The average Bonchev–Trinajstić information content (AvgIpc) is 2.44. The van der Waals surface area contributed by atoms with Crippen LogP contribution in [0, 0.1) is 0 Å². The van der Waals surface area contributed by atoms with E-state index in [1.54, 1.807) is 44.7 Å². The molecule has 0 aliphatic carbocycles. The van der Waals surface area contributed by atoms with Crippen LogP contribution >= 0.6 is 0 Å². The minimum atomic E-state index is -2.84. The minimum Gasteiger partial charge on any atom is -0.444 e. The predicted octanol–water partition coefficient (Wildman–Crippen LogP) is 4.13. The first kappa shape index (κ1) is 20.6. The standard InChI is InChI=1S/C18H30F2N2O2/c1-6-7-8-14(2)18(19,20)13-22-11-9-15(10-12-22)21-16(23)24-17(3,4)5/h6-8,15H,9-13H2,1-5H3,(H,21,23)/b7-6-,14-8+. The van der Waals surface area contributed by atoms with Crippen molar-refractivity contribution in [2.24, 2.45) is 0 Å². The molecule has 1 rings (SSSR count). The van der Waals surface area contributed by atoms with Gasteiger partial charge in [0.25, 0.3) is 5.92 Å². The summed E-state index contributed by atoms with van der Waals surface area (Å²) < 4.78 is 33.6. The van der Waals surface area contributed by atoms with Crippen molar-refractivity contribution in [3.63, 3.8) is 0 Å². The molecule has 0 unspecified atom stereocenters. The molecule has 138 valence electrons. The Bertz CT molecular complexity index is 474. The summed E-state index contributed by atoms with van der Waals surface area (Å²) in [6.07, 6.45) is 5.65. The first-order chi connectivity index (χ1) is 11.0. The Kier molecular flexibility index (Phi) is 7.39. The van der Waals surface area contributed by atoms with Gasteiger partial charge in [-0.05, 0) is 53.0 Å². The second-order valence-electron chi connectivity index (χ2n) is 7.28. The molecule has 0 aromatic heterocycles. The molecule has 4 nitrogen and oxygen atoms in total. The third-order valence-corrected chi connectivity index (χ3v) is 3.85. The summed E-state index contributed by atoms with van der Waals surface area (Å²) in [6.45, 7) is 9.45. The molecule has 0 spiro atoms. The van der Waals surface area contributed by atoms with E-state index in [9.17, 15) is 13.6 Å². The summed E-state index contributed by atoms with van der Waals surface area (Å²) in [5.74, 6) is -2.84. The van der Waals surface area contributed by atoms with Gasteiger partial charge in [-0.2, -0.15) is 0 Å².